The van der Waals surface area contributed by atoms with Gasteiger partial charge in [-0.1, -0.05) is 30.3 Å². The van der Waals surface area contributed by atoms with Gasteiger partial charge in [0.25, 0.3) is 0 Å². The van der Waals surface area contributed by atoms with E-state index in [1.54, 1.807) is 9.36 Å². The van der Waals surface area contributed by atoms with Gasteiger partial charge in [-0.2, -0.15) is 15.1 Å². The number of ether oxygens (including phenoxy) is 3. The monoisotopic (exact) mass is 461 g/mol. The van der Waals surface area contributed by atoms with Crippen LogP contribution in [0.15, 0.2) is 54.9 Å². The molecule has 176 valence electrons. The van der Waals surface area contributed by atoms with Crippen LogP contribution < -0.4 is 14.4 Å². The van der Waals surface area contributed by atoms with Crippen molar-refractivity contribution in [2.75, 3.05) is 37.8 Å². The standard InChI is InChI=1S/C24H27N7O3/c1-29-17-18(16-25-29)8-11-33-24-26-21(31-9-12-32-13-10-31)15-22(27-24)34-23-14-20(30(2)28-23)19-6-4-3-5-7-19/h3-7,14-17H,8-13H2,1-2H3. The number of morpholine rings is 1. The molecule has 10 heteroatoms. The zero-order valence-electron chi connectivity index (χ0n) is 19.3. The van der Waals surface area contributed by atoms with E-state index in [4.69, 9.17) is 14.2 Å². The minimum absolute atomic E-state index is 0.266. The van der Waals surface area contributed by atoms with Gasteiger partial charge >= 0.3 is 6.01 Å². The molecule has 5 rings (SSSR count). The van der Waals surface area contributed by atoms with Gasteiger partial charge in [0.05, 0.1) is 31.7 Å². The van der Waals surface area contributed by atoms with Crippen molar-refractivity contribution in [2.24, 2.45) is 14.1 Å². The van der Waals surface area contributed by atoms with Crippen LogP contribution >= 0.6 is 0 Å². The molecular weight excluding hydrogens is 434 g/mol. The second-order valence-corrected chi connectivity index (χ2v) is 8.03. The summed E-state index contributed by atoms with van der Waals surface area (Å²) in [4.78, 5) is 11.2. The first-order valence-electron chi connectivity index (χ1n) is 11.2. The summed E-state index contributed by atoms with van der Waals surface area (Å²) in [5.41, 5.74) is 3.10. The summed E-state index contributed by atoms with van der Waals surface area (Å²) in [7, 11) is 3.78. The van der Waals surface area contributed by atoms with Crippen LogP contribution in [0.25, 0.3) is 11.3 Å². The van der Waals surface area contributed by atoms with Crippen LogP contribution in [0.3, 0.4) is 0 Å². The molecule has 0 spiro atoms. The van der Waals surface area contributed by atoms with Crippen molar-refractivity contribution in [1.82, 2.24) is 29.5 Å². The second-order valence-electron chi connectivity index (χ2n) is 8.03. The second kappa shape index (κ2) is 9.92. The number of hydrogen-bond acceptors (Lipinski definition) is 8. The fraction of sp³-hybridized carbons (Fsp3) is 0.333. The predicted molar refractivity (Wildman–Crippen MR) is 126 cm³/mol. The molecule has 0 N–H and O–H groups in total. The van der Waals surface area contributed by atoms with Crippen molar-refractivity contribution in [3.63, 3.8) is 0 Å². The lowest BCUT2D eigenvalue weighted by molar-refractivity contribution is 0.122. The summed E-state index contributed by atoms with van der Waals surface area (Å²) in [6.45, 7) is 3.22. The number of anilines is 1. The zero-order chi connectivity index (χ0) is 23.3. The van der Waals surface area contributed by atoms with E-state index in [2.05, 4.69) is 25.1 Å². The van der Waals surface area contributed by atoms with Gasteiger partial charge in [0, 0.05) is 51.9 Å². The lowest BCUT2D eigenvalue weighted by atomic mass is 10.1. The molecule has 4 heterocycles. The van der Waals surface area contributed by atoms with E-state index >= 15 is 0 Å². The number of benzene rings is 1. The smallest absolute Gasteiger partial charge is 0.321 e. The SMILES string of the molecule is Cn1cc(CCOc2nc(Oc3cc(-c4ccccc4)n(C)n3)cc(N3CCOCC3)n2)cn1. The first-order chi connectivity index (χ1) is 16.6. The Morgan fingerprint density at radius 2 is 1.82 bits per heavy atom. The molecule has 1 aliphatic rings. The maximum Gasteiger partial charge on any atom is 0.321 e. The zero-order valence-corrected chi connectivity index (χ0v) is 19.3. The van der Waals surface area contributed by atoms with E-state index in [1.807, 2.05) is 69.0 Å². The molecule has 0 atom stereocenters. The lowest BCUT2D eigenvalue weighted by Gasteiger charge is -2.28. The molecular formula is C24H27N7O3. The van der Waals surface area contributed by atoms with Crippen LogP contribution in [0.4, 0.5) is 5.82 Å². The summed E-state index contributed by atoms with van der Waals surface area (Å²) >= 11 is 0. The fourth-order valence-electron chi connectivity index (χ4n) is 3.80. The summed E-state index contributed by atoms with van der Waals surface area (Å²) in [5.74, 6) is 1.57. The van der Waals surface area contributed by atoms with Crippen LogP contribution in [0, 0.1) is 0 Å². The van der Waals surface area contributed by atoms with Crippen molar-refractivity contribution in [1.29, 1.82) is 0 Å². The van der Waals surface area contributed by atoms with E-state index in [-0.39, 0.29) is 6.01 Å². The third-order valence-corrected chi connectivity index (χ3v) is 5.52. The molecule has 0 unspecified atom stereocenters. The third kappa shape index (κ3) is 5.18. The number of hydrogen-bond donors (Lipinski definition) is 0. The van der Waals surface area contributed by atoms with E-state index in [0.29, 0.717) is 38.0 Å². The maximum absolute atomic E-state index is 6.07. The van der Waals surface area contributed by atoms with Gasteiger partial charge in [-0.25, -0.2) is 0 Å². The number of aromatic nitrogens is 6. The van der Waals surface area contributed by atoms with Crippen molar-refractivity contribution in [3.8, 4) is 29.0 Å². The highest BCUT2D eigenvalue weighted by atomic mass is 16.5. The molecule has 0 radical (unpaired) electrons. The Hall–Kier alpha value is -3.92. The van der Waals surface area contributed by atoms with Gasteiger partial charge < -0.3 is 19.1 Å². The molecule has 1 aromatic carbocycles. The normalized spacial score (nSPS) is 13.8. The minimum Gasteiger partial charge on any atom is -0.463 e. The van der Waals surface area contributed by atoms with E-state index < -0.39 is 0 Å². The van der Waals surface area contributed by atoms with Crippen molar-refractivity contribution in [2.45, 2.75) is 6.42 Å². The first-order valence-corrected chi connectivity index (χ1v) is 11.2. The lowest BCUT2D eigenvalue weighted by Crippen LogP contribution is -2.36. The van der Waals surface area contributed by atoms with Gasteiger partial charge in [0.1, 0.15) is 5.82 Å². The molecule has 0 aliphatic carbocycles. The minimum atomic E-state index is 0.266. The highest BCUT2D eigenvalue weighted by Gasteiger charge is 2.18. The van der Waals surface area contributed by atoms with Gasteiger partial charge in [0.15, 0.2) is 0 Å². The molecule has 34 heavy (non-hydrogen) atoms. The van der Waals surface area contributed by atoms with Gasteiger partial charge in [0.2, 0.25) is 11.8 Å². The Morgan fingerprint density at radius 3 is 2.59 bits per heavy atom. The van der Waals surface area contributed by atoms with Crippen molar-refractivity contribution in [3.05, 3.63) is 60.4 Å². The van der Waals surface area contributed by atoms with Gasteiger partial charge in [-0.15, -0.1) is 5.10 Å². The summed E-state index contributed by atoms with van der Waals surface area (Å²) < 4.78 is 21.0. The summed E-state index contributed by atoms with van der Waals surface area (Å²) in [6, 6.07) is 14.0. The highest BCUT2D eigenvalue weighted by molar-refractivity contribution is 5.60. The Bertz CT molecular complexity index is 1230. The predicted octanol–water partition coefficient (Wildman–Crippen LogP) is 2.86. The average Bonchev–Trinajstić information content (AvgIpc) is 3.44. The van der Waals surface area contributed by atoms with Gasteiger partial charge in [-0.3, -0.25) is 9.36 Å². The largest absolute Gasteiger partial charge is 0.463 e. The van der Waals surface area contributed by atoms with Crippen LogP contribution in [-0.2, 0) is 25.3 Å². The number of aryl methyl sites for hydroxylation is 2. The topological polar surface area (TPSA) is 92.4 Å². The van der Waals surface area contributed by atoms with E-state index in [1.165, 1.54) is 0 Å². The van der Waals surface area contributed by atoms with E-state index in [0.717, 1.165) is 35.7 Å². The maximum atomic E-state index is 6.07. The Labute approximate surface area is 197 Å². The Kier molecular flexibility index (Phi) is 6.39. The van der Waals surface area contributed by atoms with Crippen LogP contribution in [0.1, 0.15) is 5.56 Å². The molecule has 1 aliphatic heterocycles. The van der Waals surface area contributed by atoms with Crippen LogP contribution in [-0.4, -0.2) is 62.4 Å². The molecule has 0 saturated carbocycles. The summed E-state index contributed by atoms with van der Waals surface area (Å²) in [5, 5.41) is 8.70. The third-order valence-electron chi connectivity index (χ3n) is 5.52. The molecule has 4 aromatic rings. The van der Waals surface area contributed by atoms with Gasteiger partial charge in [-0.05, 0) is 11.1 Å². The molecule has 1 fully saturated rings. The molecule has 0 bridgehead atoms. The van der Waals surface area contributed by atoms with Crippen LogP contribution in [0.5, 0.6) is 17.8 Å². The number of nitrogens with zero attached hydrogens (tertiary/aromatic N) is 7. The Balaban J connectivity index is 1.36. The average molecular weight is 462 g/mol. The van der Waals surface area contributed by atoms with Crippen molar-refractivity contribution >= 4 is 5.82 Å². The van der Waals surface area contributed by atoms with Crippen molar-refractivity contribution < 1.29 is 14.2 Å². The number of rotatable bonds is 8. The summed E-state index contributed by atoms with van der Waals surface area (Å²) in [6.07, 6.45) is 4.50. The molecule has 3 aromatic heterocycles. The Morgan fingerprint density at radius 1 is 1.00 bits per heavy atom. The fourth-order valence-corrected chi connectivity index (χ4v) is 3.80. The quantitative estimate of drug-likeness (QED) is 0.396. The highest BCUT2D eigenvalue weighted by Crippen LogP contribution is 2.28. The first kappa shape index (κ1) is 21.9. The molecule has 10 nitrogen and oxygen atoms in total. The molecule has 0 amide bonds. The van der Waals surface area contributed by atoms with E-state index in [9.17, 15) is 0 Å². The van der Waals surface area contributed by atoms with Crippen LogP contribution in [0.2, 0.25) is 0 Å². The molecule has 1 saturated heterocycles.